The molecule has 0 radical (unpaired) electrons. The predicted molar refractivity (Wildman–Crippen MR) is 61.3 cm³/mol. The minimum Gasteiger partial charge on any atom is -0.493 e. The molecule has 0 aliphatic heterocycles. The Hall–Kier alpha value is -2.23. The fourth-order valence-electron chi connectivity index (χ4n) is 1.49. The fourth-order valence-corrected chi connectivity index (χ4v) is 2.26. The van der Waals surface area contributed by atoms with Gasteiger partial charge < -0.3 is 5.11 Å². The monoisotopic (exact) mass is 308 g/mol. The topological polar surface area (TPSA) is 92.2 Å². The highest BCUT2D eigenvalue weighted by Gasteiger charge is 2.46. The molecule has 0 saturated carbocycles. The van der Waals surface area contributed by atoms with Crippen molar-refractivity contribution in [2.75, 3.05) is 0 Å². The first kappa shape index (κ1) is 14.2. The lowest BCUT2D eigenvalue weighted by Gasteiger charge is -2.08. The Bertz CT molecular complexity index is 787. The fraction of sp³-hybridized carbons (Fsp3) is 0.100. The van der Waals surface area contributed by atoms with E-state index in [1.165, 1.54) is 0 Å². The van der Waals surface area contributed by atoms with Gasteiger partial charge in [0.05, 0.1) is 16.8 Å². The molecule has 2 aromatic rings. The van der Waals surface area contributed by atoms with Crippen molar-refractivity contribution in [2.45, 2.75) is 10.4 Å². The van der Waals surface area contributed by atoms with Crippen LogP contribution in [0.1, 0.15) is 0 Å². The standard InChI is InChI=1S/C10H7F3N2O4S/c11-10(12,13)20(18,19)7-3-1-6(2-4-7)15-5-8(16)14-9(15)17/h1-5,16H,(H,14,17). The van der Waals surface area contributed by atoms with Gasteiger partial charge in [-0.2, -0.15) is 13.2 Å². The maximum absolute atomic E-state index is 12.3. The lowest BCUT2D eigenvalue weighted by molar-refractivity contribution is -0.0436. The highest BCUT2D eigenvalue weighted by molar-refractivity contribution is 7.92. The Labute approximate surface area is 110 Å². The van der Waals surface area contributed by atoms with Crippen LogP contribution in [0.3, 0.4) is 0 Å². The third kappa shape index (κ3) is 2.29. The molecule has 1 heterocycles. The lowest BCUT2D eigenvalue weighted by Crippen LogP contribution is -2.23. The van der Waals surface area contributed by atoms with Crippen LogP contribution in [-0.2, 0) is 9.84 Å². The summed E-state index contributed by atoms with van der Waals surface area (Å²) in [5, 5.41) is 9.06. The zero-order chi connectivity index (χ0) is 15.1. The molecule has 20 heavy (non-hydrogen) atoms. The summed E-state index contributed by atoms with van der Waals surface area (Å²) in [6.45, 7) is 0. The van der Waals surface area contributed by atoms with Gasteiger partial charge in [0.15, 0.2) is 0 Å². The molecule has 2 N–H and O–H groups in total. The number of aromatic amines is 1. The van der Waals surface area contributed by atoms with Gasteiger partial charge in [-0.3, -0.25) is 9.55 Å². The van der Waals surface area contributed by atoms with Crippen molar-refractivity contribution in [3.05, 3.63) is 40.9 Å². The van der Waals surface area contributed by atoms with Gasteiger partial charge in [-0.1, -0.05) is 0 Å². The molecule has 0 unspecified atom stereocenters. The Kier molecular flexibility index (Phi) is 3.12. The predicted octanol–water partition coefficient (Wildman–Crippen LogP) is 1.16. The van der Waals surface area contributed by atoms with Crippen LogP contribution in [0.15, 0.2) is 40.2 Å². The largest absolute Gasteiger partial charge is 0.501 e. The molecule has 108 valence electrons. The summed E-state index contributed by atoms with van der Waals surface area (Å²) in [6.07, 6.45) is 1.01. The molecule has 1 aromatic carbocycles. The number of nitrogens with zero attached hydrogens (tertiary/aromatic N) is 1. The molecule has 0 amide bonds. The summed E-state index contributed by atoms with van der Waals surface area (Å²) in [5.41, 5.74) is -6.00. The number of H-pyrrole nitrogens is 1. The molecular formula is C10H7F3N2O4S. The molecule has 0 saturated heterocycles. The van der Waals surface area contributed by atoms with Crippen molar-refractivity contribution in [1.29, 1.82) is 0 Å². The SMILES string of the molecule is O=c1[nH]c(O)cn1-c1ccc(S(=O)(=O)C(F)(F)F)cc1. The van der Waals surface area contributed by atoms with E-state index in [2.05, 4.69) is 0 Å². The van der Waals surface area contributed by atoms with E-state index in [0.717, 1.165) is 35.0 Å². The van der Waals surface area contributed by atoms with Crippen LogP contribution in [0.4, 0.5) is 13.2 Å². The Morgan fingerprint density at radius 2 is 1.70 bits per heavy atom. The second kappa shape index (κ2) is 4.40. The first-order chi connectivity index (χ1) is 9.13. The van der Waals surface area contributed by atoms with Crippen LogP contribution < -0.4 is 5.69 Å². The van der Waals surface area contributed by atoms with Crippen molar-refractivity contribution in [2.24, 2.45) is 0 Å². The third-order valence-corrected chi connectivity index (χ3v) is 3.94. The number of imidazole rings is 1. The summed E-state index contributed by atoms with van der Waals surface area (Å²) < 4.78 is 60.2. The average Bonchev–Trinajstić information content (AvgIpc) is 2.67. The highest BCUT2D eigenvalue weighted by atomic mass is 32.2. The third-order valence-electron chi connectivity index (χ3n) is 2.44. The van der Waals surface area contributed by atoms with Crippen molar-refractivity contribution >= 4 is 9.84 Å². The van der Waals surface area contributed by atoms with E-state index in [1.54, 1.807) is 0 Å². The minimum absolute atomic E-state index is 0.104. The molecule has 0 fully saturated rings. The van der Waals surface area contributed by atoms with Crippen LogP contribution in [0.2, 0.25) is 0 Å². The number of rotatable bonds is 2. The molecule has 0 aliphatic rings. The summed E-state index contributed by atoms with van der Waals surface area (Å²) in [4.78, 5) is 12.4. The van der Waals surface area contributed by atoms with Crippen molar-refractivity contribution < 1.29 is 26.7 Å². The van der Waals surface area contributed by atoms with E-state index in [0.29, 0.717) is 0 Å². The zero-order valence-electron chi connectivity index (χ0n) is 9.55. The summed E-state index contributed by atoms with van der Waals surface area (Å²) in [5.74, 6) is -0.429. The van der Waals surface area contributed by atoms with Gasteiger partial charge in [0, 0.05) is 0 Å². The number of nitrogens with one attached hydrogen (secondary N) is 1. The van der Waals surface area contributed by atoms with Crippen LogP contribution in [0, 0.1) is 0 Å². The number of hydrogen-bond acceptors (Lipinski definition) is 4. The zero-order valence-corrected chi connectivity index (χ0v) is 10.4. The second-order valence-electron chi connectivity index (χ2n) is 3.76. The molecule has 0 spiro atoms. The van der Waals surface area contributed by atoms with E-state index in [9.17, 15) is 26.4 Å². The van der Waals surface area contributed by atoms with Gasteiger partial charge in [0.25, 0.3) is 9.84 Å². The lowest BCUT2D eigenvalue weighted by atomic mass is 10.3. The average molecular weight is 308 g/mol. The molecule has 0 aliphatic carbocycles. The van der Waals surface area contributed by atoms with Crippen LogP contribution in [0.25, 0.3) is 5.69 Å². The van der Waals surface area contributed by atoms with Gasteiger partial charge in [-0.05, 0) is 24.3 Å². The number of aromatic nitrogens is 2. The van der Waals surface area contributed by atoms with E-state index >= 15 is 0 Å². The number of halogens is 3. The van der Waals surface area contributed by atoms with Crippen molar-refractivity contribution in [3.8, 4) is 11.6 Å². The Morgan fingerprint density at radius 3 is 2.10 bits per heavy atom. The number of sulfone groups is 1. The number of aromatic hydroxyl groups is 1. The van der Waals surface area contributed by atoms with Gasteiger partial charge >= 0.3 is 11.2 Å². The second-order valence-corrected chi connectivity index (χ2v) is 5.70. The van der Waals surface area contributed by atoms with Crippen LogP contribution in [0.5, 0.6) is 5.88 Å². The van der Waals surface area contributed by atoms with E-state index < -0.39 is 31.8 Å². The number of hydrogen-bond donors (Lipinski definition) is 2. The molecule has 10 heteroatoms. The first-order valence-electron chi connectivity index (χ1n) is 5.05. The molecular weight excluding hydrogens is 301 g/mol. The quantitative estimate of drug-likeness (QED) is 0.871. The summed E-state index contributed by atoms with van der Waals surface area (Å²) >= 11 is 0. The Morgan fingerprint density at radius 1 is 1.15 bits per heavy atom. The van der Waals surface area contributed by atoms with E-state index in [-0.39, 0.29) is 5.69 Å². The molecule has 1 aromatic heterocycles. The van der Waals surface area contributed by atoms with Gasteiger partial charge in [0.1, 0.15) is 0 Å². The molecule has 6 nitrogen and oxygen atoms in total. The number of benzene rings is 1. The maximum atomic E-state index is 12.3. The van der Waals surface area contributed by atoms with E-state index in [4.69, 9.17) is 5.11 Å². The summed E-state index contributed by atoms with van der Waals surface area (Å²) in [7, 11) is -5.42. The van der Waals surface area contributed by atoms with Crippen LogP contribution >= 0.6 is 0 Å². The molecule has 0 bridgehead atoms. The van der Waals surface area contributed by atoms with E-state index in [1.807, 2.05) is 4.98 Å². The van der Waals surface area contributed by atoms with Crippen molar-refractivity contribution in [3.63, 3.8) is 0 Å². The van der Waals surface area contributed by atoms with Crippen LogP contribution in [-0.4, -0.2) is 28.6 Å². The molecule has 0 atom stereocenters. The minimum atomic E-state index is -5.42. The first-order valence-corrected chi connectivity index (χ1v) is 6.53. The van der Waals surface area contributed by atoms with Gasteiger partial charge in [-0.15, -0.1) is 0 Å². The highest BCUT2D eigenvalue weighted by Crippen LogP contribution is 2.30. The van der Waals surface area contributed by atoms with Gasteiger partial charge in [0.2, 0.25) is 5.88 Å². The number of alkyl halides is 3. The Balaban J connectivity index is 2.47. The molecule has 2 rings (SSSR count). The van der Waals surface area contributed by atoms with Gasteiger partial charge in [-0.25, -0.2) is 13.2 Å². The van der Waals surface area contributed by atoms with Crippen molar-refractivity contribution in [1.82, 2.24) is 9.55 Å². The smallest absolute Gasteiger partial charge is 0.493 e. The summed E-state index contributed by atoms with van der Waals surface area (Å²) in [6, 6.07) is 3.50. The normalized spacial score (nSPS) is 12.6. The maximum Gasteiger partial charge on any atom is 0.501 e.